The predicted molar refractivity (Wildman–Crippen MR) is 78.1 cm³/mol. The predicted octanol–water partition coefficient (Wildman–Crippen LogP) is 0.729. The van der Waals surface area contributed by atoms with Crippen molar-refractivity contribution in [2.45, 2.75) is 31.9 Å². The van der Waals surface area contributed by atoms with Gasteiger partial charge in [-0.3, -0.25) is 4.79 Å². The van der Waals surface area contributed by atoms with Crippen molar-refractivity contribution >= 4 is 11.9 Å². The van der Waals surface area contributed by atoms with Crippen LogP contribution in [-0.4, -0.2) is 31.1 Å². The number of rotatable bonds is 9. The molecule has 0 fully saturated rings. The summed E-state index contributed by atoms with van der Waals surface area (Å²) in [7, 11) is 0. The molecule has 0 saturated heterocycles. The number of hydrogen-bond donors (Lipinski definition) is 2. The molecule has 1 atom stereocenters. The van der Waals surface area contributed by atoms with Crippen molar-refractivity contribution in [1.82, 2.24) is 0 Å². The van der Waals surface area contributed by atoms with Crippen molar-refractivity contribution in [1.29, 1.82) is 0 Å². The molecule has 0 spiro atoms. The lowest BCUT2D eigenvalue weighted by molar-refractivity contribution is -0.160. The van der Waals surface area contributed by atoms with E-state index in [1.807, 2.05) is 30.3 Å². The first kappa shape index (κ1) is 17.1. The van der Waals surface area contributed by atoms with Crippen LogP contribution in [0.4, 0.5) is 0 Å². The quantitative estimate of drug-likeness (QED) is 0.514. The molecule has 4 N–H and O–H groups in total. The molecule has 21 heavy (non-hydrogen) atoms. The molecule has 1 rings (SSSR count). The Labute approximate surface area is 124 Å². The molecule has 0 bridgehead atoms. The minimum atomic E-state index is -0.724. The van der Waals surface area contributed by atoms with Gasteiger partial charge in [-0.25, -0.2) is 4.79 Å². The van der Waals surface area contributed by atoms with E-state index in [1.54, 1.807) is 0 Å². The smallest absolute Gasteiger partial charge is 0.344 e. The Morgan fingerprint density at radius 3 is 2.48 bits per heavy atom. The third kappa shape index (κ3) is 7.43. The van der Waals surface area contributed by atoms with Gasteiger partial charge in [0, 0.05) is 0 Å². The highest BCUT2D eigenvalue weighted by Gasteiger charge is 2.16. The van der Waals surface area contributed by atoms with Gasteiger partial charge in [0.25, 0.3) is 0 Å². The van der Waals surface area contributed by atoms with E-state index >= 15 is 0 Å². The largest absolute Gasteiger partial charge is 0.458 e. The molecule has 6 heteroatoms. The second kappa shape index (κ2) is 9.90. The Kier molecular flexibility index (Phi) is 8.08. The van der Waals surface area contributed by atoms with Crippen LogP contribution in [0.1, 0.15) is 24.8 Å². The number of carbonyl (C=O) groups is 2. The van der Waals surface area contributed by atoms with E-state index in [9.17, 15) is 9.59 Å². The van der Waals surface area contributed by atoms with Crippen molar-refractivity contribution in [3.05, 3.63) is 35.9 Å². The Morgan fingerprint density at radius 2 is 1.81 bits per heavy atom. The third-order valence-corrected chi connectivity index (χ3v) is 2.85. The first-order chi connectivity index (χ1) is 10.1. The highest BCUT2D eigenvalue weighted by molar-refractivity contribution is 5.79. The van der Waals surface area contributed by atoms with Crippen molar-refractivity contribution in [2.75, 3.05) is 13.2 Å². The molecule has 116 valence electrons. The monoisotopic (exact) mass is 294 g/mol. The van der Waals surface area contributed by atoms with Gasteiger partial charge in [0.1, 0.15) is 12.6 Å². The molecular weight excluding hydrogens is 272 g/mol. The summed E-state index contributed by atoms with van der Waals surface area (Å²) in [5, 5.41) is 0. The zero-order valence-corrected chi connectivity index (χ0v) is 12.0. The summed E-state index contributed by atoms with van der Waals surface area (Å²) in [6.07, 6.45) is 2.06. The van der Waals surface area contributed by atoms with Crippen LogP contribution in [0, 0.1) is 0 Å². The number of hydrogen-bond acceptors (Lipinski definition) is 6. The molecule has 6 nitrogen and oxygen atoms in total. The number of esters is 2. The minimum absolute atomic E-state index is 0.153. The Balaban J connectivity index is 2.18. The third-order valence-electron chi connectivity index (χ3n) is 2.85. The van der Waals surface area contributed by atoms with E-state index in [0.717, 1.165) is 18.4 Å². The van der Waals surface area contributed by atoms with E-state index in [2.05, 4.69) is 0 Å². The first-order valence-corrected chi connectivity index (χ1v) is 6.95. The average Bonchev–Trinajstić information content (AvgIpc) is 2.51. The molecule has 1 aromatic rings. The maximum absolute atomic E-state index is 11.5. The molecule has 0 saturated carbocycles. The summed E-state index contributed by atoms with van der Waals surface area (Å²) >= 11 is 0. The van der Waals surface area contributed by atoms with Crippen LogP contribution in [0.2, 0.25) is 0 Å². The molecule has 0 heterocycles. The van der Waals surface area contributed by atoms with Crippen LogP contribution in [-0.2, 0) is 25.7 Å². The van der Waals surface area contributed by atoms with Gasteiger partial charge in [0.15, 0.2) is 6.61 Å². The Bertz CT molecular complexity index is 437. The summed E-state index contributed by atoms with van der Waals surface area (Å²) in [6, 6.07) is 8.53. The maximum atomic E-state index is 11.5. The van der Waals surface area contributed by atoms with Gasteiger partial charge >= 0.3 is 11.9 Å². The normalized spacial score (nSPS) is 11.7. The molecule has 1 aromatic carbocycles. The molecule has 0 unspecified atom stereocenters. The van der Waals surface area contributed by atoms with Crippen LogP contribution in [0.3, 0.4) is 0 Å². The summed E-state index contributed by atoms with van der Waals surface area (Å²) in [5.74, 6) is -1.19. The van der Waals surface area contributed by atoms with E-state index in [4.69, 9.17) is 20.9 Å². The number of unbranched alkanes of at least 4 members (excludes halogenated alkanes) is 1. The second-order valence-electron chi connectivity index (χ2n) is 4.64. The van der Waals surface area contributed by atoms with Gasteiger partial charge in [0.05, 0.1) is 0 Å². The SMILES string of the molecule is NCCCC[C@H](N)C(=O)OCC(=O)OCc1ccccc1. The number of carbonyl (C=O) groups excluding carboxylic acids is 2. The fraction of sp³-hybridized carbons (Fsp3) is 0.467. The first-order valence-electron chi connectivity index (χ1n) is 6.95. The molecule has 0 amide bonds. The van der Waals surface area contributed by atoms with Gasteiger partial charge < -0.3 is 20.9 Å². The number of ether oxygens (including phenoxy) is 2. The van der Waals surface area contributed by atoms with Crippen LogP contribution < -0.4 is 11.5 Å². The topological polar surface area (TPSA) is 105 Å². The zero-order valence-electron chi connectivity index (χ0n) is 12.0. The summed E-state index contributed by atoms with van der Waals surface area (Å²) < 4.78 is 9.80. The average molecular weight is 294 g/mol. The highest BCUT2D eigenvalue weighted by atomic mass is 16.6. The van der Waals surface area contributed by atoms with Gasteiger partial charge in [-0.05, 0) is 24.9 Å². The fourth-order valence-electron chi connectivity index (χ4n) is 1.64. The highest BCUT2D eigenvalue weighted by Crippen LogP contribution is 2.02. The lowest BCUT2D eigenvalue weighted by Gasteiger charge is -2.11. The van der Waals surface area contributed by atoms with Gasteiger partial charge in [-0.2, -0.15) is 0 Å². The van der Waals surface area contributed by atoms with Gasteiger partial charge in [-0.15, -0.1) is 0 Å². The maximum Gasteiger partial charge on any atom is 0.344 e. The summed E-state index contributed by atoms with van der Waals surface area (Å²) in [6.45, 7) is 0.295. The van der Waals surface area contributed by atoms with Crippen molar-refractivity contribution in [3.63, 3.8) is 0 Å². The summed E-state index contributed by atoms with van der Waals surface area (Å²) in [4.78, 5) is 23.0. The van der Waals surface area contributed by atoms with Crippen molar-refractivity contribution < 1.29 is 19.1 Å². The zero-order chi connectivity index (χ0) is 15.5. The van der Waals surface area contributed by atoms with Gasteiger partial charge in [-0.1, -0.05) is 36.8 Å². The Morgan fingerprint density at radius 1 is 1.10 bits per heavy atom. The molecular formula is C15H22N2O4. The Hall–Kier alpha value is -1.92. The lowest BCUT2D eigenvalue weighted by atomic mass is 10.1. The van der Waals surface area contributed by atoms with E-state index in [-0.39, 0.29) is 6.61 Å². The lowest BCUT2D eigenvalue weighted by Crippen LogP contribution is -2.33. The van der Waals surface area contributed by atoms with Crippen LogP contribution in [0.5, 0.6) is 0 Å². The molecule has 0 radical (unpaired) electrons. The minimum Gasteiger partial charge on any atom is -0.458 e. The van der Waals surface area contributed by atoms with Crippen molar-refractivity contribution in [2.24, 2.45) is 11.5 Å². The number of nitrogens with two attached hydrogens (primary N) is 2. The molecule has 0 aliphatic rings. The van der Waals surface area contributed by atoms with E-state index in [0.29, 0.717) is 13.0 Å². The standard InChI is InChI=1S/C15H22N2O4/c16-9-5-4-8-13(17)15(19)21-11-14(18)20-10-12-6-2-1-3-7-12/h1-3,6-7,13H,4-5,8-11,16-17H2/t13-/m0/s1. The molecule has 0 aliphatic heterocycles. The van der Waals surface area contributed by atoms with E-state index in [1.165, 1.54) is 0 Å². The molecule has 0 aliphatic carbocycles. The van der Waals surface area contributed by atoms with Crippen LogP contribution in [0.25, 0.3) is 0 Å². The number of benzene rings is 1. The fourth-order valence-corrected chi connectivity index (χ4v) is 1.64. The molecule has 0 aromatic heterocycles. The van der Waals surface area contributed by atoms with Crippen LogP contribution >= 0.6 is 0 Å². The van der Waals surface area contributed by atoms with Crippen LogP contribution in [0.15, 0.2) is 30.3 Å². The summed E-state index contributed by atoms with van der Waals surface area (Å²) in [5.41, 5.74) is 11.9. The van der Waals surface area contributed by atoms with Crippen molar-refractivity contribution in [3.8, 4) is 0 Å². The van der Waals surface area contributed by atoms with E-state index < -0.39 is 24.6 Å². The second-order valence-corrected chi connectivity index (χ2v) is 4.64. The van der Waals surface area contributed by atoms with Gasteiger partial charge in [0.2, 0.25) is 0 Å².